The Balaban J connectivity index is 3.22. The molecule has 0 aromatic carbocycles. The second kappa shape index (κ2) is 7.36. The van der Waals surface area contributed by atoms with Gasteiger partial charge in [-0.2, -0.15) is 5.10 Å². The third-order valence-electron chi connectivity index (χ3n) is 3.35. The molecule has 0 bridgehead atoms. The fraction of sp³-hybridized carbons (Fsp3) is 0.667. The zero-order valence-corrected chi connectivity index (χ0v) is 13.8. The van der Waals surface area contributed by atoms with Crippen LogP contribution in [0.4, 0.5) is 5.82 Å². The maximum absolute atomic E-state index is 11.6. The zero-order chi connectivity index (χ0) is 16.2. The third-order valence-corrected chi connectivity index (χ3v) is 3.35. The molecule has 0 spiro atoms. The first kappa shape index (κ1) is 17.4. The minimum atomic E-state index is -0.945. The third kappa shape index (κ3) is 4.67. The standard InChI is InChI=1S/C15H26N4O2/c1-10(2)9-19(8-7-18(5)6)14-13(15(20)21)11(3)12(4)16-17-14/h10H,7-9H2,1-6H3,(H,20,21). The second-order valence-corrected chi connectivity index (χ2v) is 6.06. The summed E-state index contributed by atoms with van der Waals surface area (Å²) in [5.74, 6) is -0.0579. The van der Waals surface area contributed by atoms with E-state index in [0.717, 1.165) is 19.6 Å². The van der Waals surface area contributed by atoms with Gasteiger partial charge < -0.3 is 14.9 Å². The van der Waals surface area contributed by atoms with Gasteiger partial charge in [-0.1, -0.05) is 13.8 Å². The van der Waals surface area contributed by atoms with Gasteiger partial charge in [0.2, 0.25) is 0 Å². The first-order valence-electron chi connectivity index (χ1n) is 7.20. The normalized spacial score (nSPS) is 11.2. The van der Waals surface area contributed by atoms with Crippen molar-refractivity contribution in [1.29, 1.82) is 0 Å². The number of carboxylic acid groups (broad SMARTS) is 1. The van der Waals surface area contributed by atoms with Crippen molar-refractivity contribution in [3.8, 4) is 0 Å². The second-order valence-electron chi connectivity index (χ2n) is 6.06. The largest absolute Gasteiger partial charge is 0.478 e. The fourth-order valence-corrected chi connectivity index (χ4v) is 2.12. The summed E-state index contributed by atoms with van der Waals surface area (Å²) < 4.78 is 0. The summed E-state index contributed by atoms with van der Waals surface area (Å²) in [7, 11) is 4.00. The molecular formula is C15H26N4O2. The maximum atomic E-state index is 11.6. The van der Waals surface area contributed by atoms with Crippen LogP contribution in [0.25, 0.3) is 0 Å². The topological polar surface area (TPSA) is 69.6 Å². The van der Waals surface area contributed by atoms with Gasteiger partial charge in [0.1, 0.15) is 5.56 Å². The molecule has 0 aliphatic rings. The maximum Gasteiger partial charge on any atom is 0.339 e. The van der Waals surface area contributed by atoms with E-state index in [0.29, 0.717) is 23.0 Å². The van der Waals surface area contributed by atoms with Crippen molar-refractivity contribution in [2.45, 2.75) is 27.7 Å². The van der Waals surface area contributed by atoms with E-state index in [-0.39, 0.29) is 5.56 Å². The monoisotopic (exact) mass is 294 g/mol. The van der Waals surface area contributed by atoms with Crippen molar-refractivity contribution in [1.82, 2.24) is 15.1 Å². The smallest absolute Gasteiger partial charge is 0.339 e. The van der Waals surface area contributed by atoms with Crippen molar-refractivity contribution < 1.29 is 9.90 Å². The van der Waals surface area contributed by atoms with E-state index in [1.807, 2.05) is 19.0 Å². The molecule has 0 unspecified atom stereocenters. The van der Waals surface area contributed by atoms with Gasteiger partial charge in [-0.25, -0.2) is 4.79 Å². The molecule has 0 fully saturated rings. The molecule has 1 aromatic heterocycles. The average molecular weight is 294 g/mol. The van der Waals surface area contributed by atoms with Crippen LogP contribution in [-0.4, -0.2) is 59.9 Å². The van der Waals surface area contributed by atoms with Gasteiger partial charge in [-0.3, -0.25) is 0 Å². The summed E-state index contributed by atoms with van der Waals surface area (Å²) in [6.45, 7) is 10.1. The van der Waals surface area contributed by atoms with Crippen LogP contribution >= 0.6 is 0 Å². The molecule has 1 aromatic rings. The number of aryl methyl sites for hydroxylation is 1. The minimum absolute atomic E-state index is 0.266. The van der Waals surface area contributed by atoms with Crippen LogP contribution in [0, 0.1) is 19.8 Å². The molecule has 0 aliphatic carbocycles. The molecule has 1 N–H and O–H groups in total. The van der Waals surface area contributed by atoms with Crippen LogP contribution in [-0.2, 0) is 0 Å². The highest BCUT2D eigenvalue weighted by Crippen LogP contribution is 2.23. The quantitative estimate of drug-likeness (QED) is 0.827. The van der Waals surface area contributed by atoms with Crippen LogP contribution in [0.3, 0.4) is 0 Å². The minimum Gasteiger partial charge on any atom is -0.478 e. The lowest BCUT2D eigenvalue weighted by atomic mass is 10.1. The molecule has 6 nitrogen and oxygen atoms in total. The Morgan fingerprint density at radius 3 is 2.29 bits per heavy atom. The number of nitrogens with zero attached hydrogens (tertiary/aromatic N) is 4. The molecule has 21 heavy (non-hydrogen) atoms. The van der Waals surface area contributed by atoms with Gasteiger partial charge in [0.25, 0.3) is 0 Å². The molecule has 1 heterocycles. The van der Waals surface area contributed by atoms with Crippen molar-refractivity contribution in [3.05, 3.63) is 16.8 Å². The van der Waals surface area contributed by atoms with Crippen LogP contribution in [0.1, 0.15) is 35.5 Å². The predicted molar refractivity (Wildman–Crippen MR) is 84.1 cm³/mol. The first-order valence-corrected chi connectivity index (χ1v) is 7.20. The SMILES string of the molecule is Cc1nnc(N(CCN(C)C)CC(C)C)c(C(=O)O)c1C. The van der Waals surface area contributed by atoms with Crippen molar-refractivity contribution in [2.75, 3.05) is 38.6 Å². The number of hydrogen-bond donors (Lipinski definition) is 1. The van der Waals surface area contributed by atoms with E-state index >= 15 is 0 Å². The molecule has 0 saturated heterocycles. The zero-order valence-electron chi connectivity index (χ0n) is 13.8. The molecule has 6 heteroatoms. The molecular weight excluding hydrogens is 268 g/mol. The summed E-state index contributed by atoms with van der Waals surface area (Å²) >= 11 is 0. The number of anilines is 1. The average Bonchev–Trinajstić information content (AvgIpc) is 2.36. The summed E-state index contributed by atoms with van der Waals surface area (Å²) in [6.07, 6.45) is 0. The Hall–Kier alpha value is -1.69. The number of hydrogen-bond acceptors (Lipinski definition) is 5. The van der Waals surface area contributed by atoms with E-state index < -0.39 is 5.97 Å². The van der Waals surface area contributed by atoms with E-state index in [9.17, 15) is 9.90 Å². The van der Waals surface area contributed by atoms with Crippen LogP contribution in [0.2, 0.25) is 0 Å². The number of carbonyl (C=O) groups is 1. The Morgan fingerprint density at radius 2 is 1.81 bits per heavy atom. The number of likely N-dealkylation sites (N-methyl/N-ethyl adjacent to an activating group) is 1. The molecule has 0 atom stereocenters. The van der Waals surface area contributed by atoms with Crippen LogP contribution in [0.15, 0.2) is 0 Å². The fourth-order valence-electron chi connectivity index (χ4n) is 2.12. The number of carboxylic acids is 1. The van der Waals surface area contributed by atoms with Gasteiger partial charge >= 0.3 is 5.97 Å². The Bertz CT molecular complexity index is 501. The lowest BCUT2D eigenvalue weighted by Gasteiger charge is -2.28. The van der Waals surface area contributed by atoms with Gasteiger partial charge in [0.15, 0.2) is 5.82 Å². The van der Waals surface area contributed by atoms with Gasteiger partial charge in [0, 0.05) is 19.6 Å². The van der Waals surface area contributed by atoms with E-state index in [4.69, 9.17) is 0 Å². The lowest BCUT2D eigenvalue weighted by Crippen LogP contribution is -2.36. The van der Waals surface area contributed by atoms with Crippen molar-refractivity contribution >= 4 is 11.8 Å². The van der Waals surface area contributed by atoms with Crippen LogP contribution < -0.4 is 4.90 Å². The molecule has 0 radical (unpaired) electrons. The Labute approximate surface area is 126 Å². The first-order chi connectivity index (χ1) is 9.73. The summed E-state index contributed by atoms with van der Waals surface area (Å²) in [5.41, 5.74) is 1.61. The summed E-state index contributed by atoms with van der Waals surface area (Å²) in [5, 5.41) is 17.8. The number of aromatic nitrogens is 2. The highest BCUT2D eigenvalue weighted by Gasteiger charge is 2.22. The molecule has 118 valence electrons. The van der Waals surface area contributed by atoms with Crippen molar-refractivity contribution in [3.63, 3.8) is 0 Å². The van der Waals surface area contributed by atoms with Gasteiger partial charge in [0.05, 0.1) is 5.69 Å². The predicted octanol–water partition coefficient (Wildman–Crippen LogP) is 1.82. The molecule has 0 amide bonds. The molecule has 0 saturated carbocycles. The Kier molecular flexibility index (Phi) is 6.08. The van der Waals surface area contributed by atoms with E-state index in [1.54, 1.807) is 13.8 Å². The Morgan fingerprint density at radius 1 is 1.19 bits per heavy atom. The van der Waals surface area contributed by atoms with Gasteiger partial charge in [-0.05, 0) is 39.4 Å². The molecule has 0 aliphatic heterocycles. The highest BCUT2D eigenvalue weighted by molar-refractivity contribution is 5.95. The molecule has 1 rings (SSSR count). The summed E-state index contributed by atoms with van der Waals surface area (Å²) in [4.78, 5) is 15.7. The lowest BCUT2D eigenvalue weighted by molar-refractivity contribution is 0.0696. The van der Waals surface area contributed by atoms with Crippen LogP contribution in [0.5, 0.6) is 0 Å². The van der Waals surface area contributed by atoms with Gasteiger partial charge in [-0.15, -0.1) is 5.10 Å². The highest BCUT2D eigenvalue weighted by atomic mass is 16.4. The van der Waals surface area contributed by atoms with Crippen molar-refractivity contribution in [2.24, 2.45) is 5.92 Å². The number of aromatic carboxylic acids is 1. The van der Waals surface area contributed by atoms with E-state index in [1.165, 1.54) is 0 Å². The van der Waals surface area contributed by atoms with E-state index in [2.05, 4.69) is 28.9 Å². The summed E-state index contributed by atoms with van der Waals surface area (Å²) in [6, 6.07) is 0. The number of rotatable bonds is 7.